The van der Waals surface area contributed by atoms with Crippen LogP contribution in [0.5, 0.6) is 0 Å². The van der Waals surface area contributed by atoms with E-state index in [0.29, 0.717) is 0 Å². The molecule has 0 saturated heterocycles. The summed E-state index contributed by atoms with van der Waals surface area (Å²) in [6.45, 7) is 6.94. The number of aliphatic hydroxyl groups excluding tert-OH is 1. The molecule has 0 aromatic carbocycles. The molecule has 1 aromatic heterocycles. The minimum Gasteiger partial charge on any atom is -0.387 e. The lowest BCUT2D eigenvalue weighted by atomic mass is 10.3. The first-order chi connectivity index (χ1) is 8.04. The second kappa shape index (κ2) is 6.93. The van der Waals surface area contributed by atoms with Crippen LogP contribution in [0.25, 0.3) is 0 Å². The fraction of sp³-hybridized carbons (Fsp3) is 0.750. The number of hydrogen-bond donors (Lipinski definition) is 1. The van der Waals surface area contributed by atoms with Crippen molar-refractivity contribution < 1.29 is 5.11 Å². The van der Waals surface area contributed by atoms with E-state index in [1.807, 2.05) is 5.38 Å². The quantitative estimate of drug-likeness (QED) is 0.811. The maximum Gasteiger partial charge on any atom is 0.185 e. The average Bonchev–Trinajstić information content (AvgIpc) is 2.73. The van der Waals surface area contributed by atoms with Gasteiger partial charge in [0.1, 0.15) is 0 Å². The van der Waals surface area contributed by atoms with Gasteiger partial charge in [-0.15, -0.1) is 11.3 Å². The molecule has 0 spiro atoms. The summed E-state index contributed by atoms with van der Waals surface area (Å²) >= 11 is 1.61. The first-order valence-electron chi connectivity index (χ1n) is 6.07. The van der Waals surface area contributed by atoms with Crippen molar-refractivity contribution in [3.05, 3.63) is 11.1 Å². The Balaban J connectivity index is 2.67. The van der Waals surface area contributed by atoms with Crippen molar-refractivity contribution in [3.63, 3.8) is 0 Å². The van der Waals surface area contributed by atoms with Gasteiger partial charge >= 0.3 is 0 Å². The SMILES string of the molecule is CCCN(CCN(C)C)c1nc(C(C)O)cs1. The van der Waals surface area contributed by atoms with Crippen molar-refractivity contribution in [2.24, 2.45) is 0 Å². The highest BCUT2D eigenvalue weighted by atomic mass is 32.1. The standard InChI is InChI=1S/C12H23N3OS/c1-5-6-15(8-7-14(3)4)12-13-11(9-17-12)10(2)16/h9-10,16H,5-8H2,1-4H3. The maximum absolute atomic E-state index is 9.48. The highest BCUT2D eigenvalue weighted by Crippen LogP contribution is 2.24. The van der Waals surface area contributed by atoms with Crippen LogP contribution < -0.4 is 4.90 Å². The number of likely N-dealkylation sites (N-methyl/N-ethyl adjacent to an activating group) is 1. The molecule has 1 rings (SSSR count). The van der Waals surface area contributed by atoms with E-state index in [2.05, 4.69) is 35.8 Å². The van der Waals surface area contributed by atoms with E-state index in [0.717, 1.165) is 36.9 Å². The number of aromatic nitrogens is 1. The van der Waals surface area contributed by atoms with E-state index in [-0.39, 0.29) is 0 Å². The summed E-state index contributed by atoms with van der Waals surface area (Å²) in [5.41, 5.74) is 0.774. The Labute approximate surface area is 108 Å². The fourth-order valence-electron chi connectivity index (χ4n) is 1.51. The molecule has 1 heterocycles. The Hall–Kier alpha value is -0.650. The highest BCUT2D eigenvalue weighted by molar-refractivity contribution is 7.13. The number of hydrogen-bond acceptors (Lipinski definition) is 5. The van der Waals surface area contributed by atoms with Gasteiger partial charge < -0.3 is 14.9 Å². The average molecular weight is 257 g/mol. The topological polar surface area (TPSA) is 39.6 Å². The van der Waals surface area contributed by atoms with Crippen LogP contribution in [0.2, 0.25) is 0 Å². The number of thiazole rings is 1. The zero-order valence-electron chi connectivity index (χ0n) is 11.2. The lowest BCUT2D eigenvalue weighted by molar-refractivity contribution is 0.195. The summed E-state index contributed by atoms with van der Waals surface area (Å²) in [4.78, 5) is 8.94. The molecule has 1 aromatic rings. The predicted octanol–water partition coefficient (Wildman–Crippen LogP) is 1.97. The van der Waals surface area contributed by atoms with Crippen LogP contribution in [0.1, 0.15) is 32.1 Å². The molecule has 1 atom stereocenters. The Morgan fingerprint density at radius 2 is 2.06 bits per heavy atom. The summed E-state index contributed by atoms with van der Waals surface area (Å²) in [5.74, 6) is 0. The number of rotatable bonds is 7. The van der Waals surface area contributed by atoms with Gasteiger partial charge in [0.15, 0.2) is 5.13 Å². The van der Waals surface area contributed by atoms with Crippen molar-refractivity contribution in [2.45, 2.75) is 26.4 Å². The van der Waals surface area contributed by atoms with Crippen LogP contribution in [0.4, 0.5) is 5.13 Å². The van der Waals surface area contributed by atoms with Crippen molar-refractivity contribution >= 4 is 16.5 Å². The Morgan fingerprint density at radius 1 is 1.35 bits per heavy atom. The highest BCUT2D eigenvalue weighted by Gasteiger charge is 2.12. The number of nitrogens with zero attached hydrogens (tertiary/aromatic N) is 3. The third-order valence-corrected chi connectivity index (χ3v) is 3.44. The molecular weight excluding hydrogens is 234 g/mol. The molecule has 5 heteroatoms. The van der Waals surface area contributed by atoms with E-state index >= 15 is 0 Å². The molecule has 0 saturated carbocycles. The molecular formula is C12H23N3OS. The first kappa shape index (κ1) is 14.4. The second-order valence-corrected chi connectivity index (χ2v) is 5.36. The van der Waals surface area contributed by atoms with Crippen molar-refractivity contribution in [2.75, 3.05) is 38.6 Å². The monoisotopic (exact) mass is 257 g/mol. The van der Waals surface area contributed by atoms with E-state index in [1.54, 1.807) is 18.3 Å². The van der Waals surface area contributed by atoms with Crippen molar-refractivity contribution in [3.8, 4) is 0 Å². The molecule has 1 unspecified atom stereocenters. The Morgan fingerprint density at radius 3 is 2.53 bits per heavy atom. The molecule has 4 nitrogen and oxygen atoms in total. The molecule has 1 N–H and O–H groups in total. The summed E-state index contributed by atoms with van der Waals surface area (Å²) in [7, 11) is 4.15. The van der Waals surface area contributed by atoms with Crippen LogP contribution in [-0.4, -0.2) is 48.7 Å². The van der Waals surface area contributed by atoms with Crippen LogP contribution >= 0.6 is 11.3 Å². The smallest absolute Gasteiger partial charge is 0.185 e. The van der Waals surface area contributed by atoms with E-state index < -0.39 is 6.10 Å². The van der Waals surface area contributed by atoms with Crippen LogP contribution in [0, 0.1) is 0 Å². The van der Waals surface area contributed by atoms with Gasteiger partial charge in [0.2, 0.25) is 0 Å². The maximum atomic E-state index is 9.48. The fourth-order valence-corrected chi connectivity index (χ4v) is 2.47. The molecule has 0 aliphatic carbocycles. The van der Waals surface area contributed by atoms with Crippen molar-refractivity contribution in [1.29, 1.82) is 0 Å². The first-order valence-corrected chi connectivity index (χ1v) is 6.95. The molecule has 98 valence electrons. The predicted molar refractivity (Wildman–Crippen MR) is 73.8 cm³/mol. The van der Waals surface area contributed by atoms with Crippen LogP contribution in [-0.2, 0) is 0 Å². The van der Waals surface area contributed by atoms with Gasteiger partial charge in [-0.3, -0.25) is 0 Å². The minimum absolute atomic E-state index is 0.475. The molecule has 0 bridgehead atoms. The molecule has 0 aliphatic heterocycles. The third kappa shape index (κ3) is 4.61. The second-order valence-electron chi connectivity index (χ2n) is 4.52. The Kier molecular flexibility index (Phi) is 5.88. The molecule has 0 amide bonds. The van der Waals surface area contributed by atoms with Crippen molar-refractivity contribution in [1.82, 2.24) is 9.88 Å². The largest absolute Gasteiger partial charge is 0.387 e. The Bertz CT molecular complexity index is 325. The summed E-state index contributed by atoms with van der Waals surface area (Å²) in [6.07, 6.45) is 0.633. The van der Waals surface area contributed by atoms with Crippen LogP contribution in [0.15, 0.2) is 5.38 Å². The zero-order chi connectivity index (χ0) is 12.8. The van der Waals surface area contributed by atoms with Gasteiger partial charge in [-0.25, -0.2) is 4.98 Å². The lowest BCUT2D eigenvalue weighted by Crippen LogP contribution is -2.32. The number of aliphatic hydroxyl groups is 1. The summed E-state index contributed by atoms with van der Waals surface area (Å²) < 4.78 is 0. The zero-order valence-corrected chi connectivity index (χ0v) is 12.0. The summed E-state index contributed by atoms with van der Waals surface area (Å²) in [6, 6.07) is 0. The summed E-state index contributed by atoms with van der Waals surface area (Å²) in [5, 5.41) is 12.4. The van der Waals surface area contributed by atoms with Gasteiger partial charge in [-0.05, 0) is 27.4 Å². The van der Waals surface area contributed by atoms with Gasteiger partial charge in [0, 0.05) is 25.0 Å². The lowest BCUT2D eigenvalue weighted by Gasteiger charge is -2.23. The molecule has 0 fully saturated rings. The van der Waals surface area contributed by atoms with Gasteiger partial charge in [0.05, 0.1) is 11.8 Å². The molecule has 17 heavy (non-hydrogen) atoms. The van der Waals surface area contributed by atoms with Gasteiger partial charge in [-0.1, -0.05) is 6.92 Å². The number of anilines is 1. The van der Waals surface area contributed by atoms with Gasteiger partial charge in [0.25, 0.3) is 0 Å². The molecule has 0 radical (unpaired) electrons. The minimum atomic E-state index is -0.475. The van der Waals surface area contributed by atoms with E-state index in [1.165, 1.54) is 0 Å². The van der Waals surface area contributed by atoms with E-state index in [9.17, 15) is 5.11 Å². The normalized spacial score (nSPS) is 13.1. The third-order valence-electron chi connectivity index (χ3n) is 2.52. The van der Waals surface area contributed by atoms with Gasteiger partial charge in [-0.2, -0.15) is 0 Å². The van der Waals surface area contributed by atoms with Crippen LogP contribution in [0.3, 0.4) is 0 Å². The molecule has 0 aliphatic rings. The van der Waals surface area contributed by atoms with E-state index in [4.69, 9.17) is 0 Å².